The maximum Gasteiger partial charge on any atom is 0.337 e. The summed E-state index contributed by atoms with van der Waals surface area (Å²) in [7, 11) is -5.99. The fourth-order valence-electron chi connectivity index (χ4n) is 5.02. The molecule has 0 radical (unpaired) electrons. The first-order valence-corrected chi connectivity index (χ1v) is 20.0. The van der Waals surface area contributed by atoms with E-state index in [9.17, 15) is 40.3 Å². The highest BCUT2D eigenvalue weighted by Crippen LogP contribution is 2.27. The zero-order valence-electron chi connectivity index (χ0n) is 30.8. The number of ether oxygens (including phenoxy) is 2. The van der Waals surface area contributed by atoms with Gasteiger partial charge < -0.3 is 18.8 Å². The van der Waals surface area contributed by atoms with Gasteiger partial charge in [0.25, 0.3) is 32.4 Å². The van der Waals surface area contributed by atoms with Gasteiger partial charge in [0.15, 0.2) is 23.1 Å². The largest absolute Gasteiger partial charge is 0.505 e. The first kappa shape index (κ1) is 44.4. The third kappa shape index (κ3) is 11.9. The minimum Gasteiger partial charge on any atom is -0.505 e. The van der Waals surface area contributed by atoms with Crippen molar-refractivity contribution in [3.8, 4) is 11.5 Å². The smallest absolute Gasteiger partial charge is 0.337 e. The number of methoxy groups -OCH3 is 2. The summed E-state index contributed by atoms with van der Waals surface area (Å²) in [6.07, 6.45) is 5.61. The summed E-state index contributed by atoms with van der Waals surface area (Å²) in [5.41, 5.74) is 1.47. The molecule has 0 atom stereocenters. The van der Waals surface area contributed by atoms with Gasteiger partial charge in [-0.2, -0.15) is 16.1 Å². The van der Waals surface area contributed by atoms with Crippen LogP contribution >= 0.6 is 12.3 Å². The van der Waals surface area contributed by atoms with E-state index < -0.39 is 49.4 Å². The summed E-state index contributed by atoms with van der Waals surface area (Å²) in [5, 5.41) is 17.2. The summed E-state index contributed by atoms with van der Waals surface area (Å²) in [6, 6.07) is 14.3. The number of hydrogen-bond donors (Lipinski definition) is 4. The summed E-state index contributed by atoms with van der Waals surface area (Å²) in [5.74, 6) is 0.284. The SMILES string of the molecule is COC(=O)c1cc(Cn2cncn2)cc(NS(=O)(=O)c2ccc(O)c(F)c2)c1.COC(=O)c1cc(Cn2cncn2)cc(NS(=O)(=O)c2ccc(OSOON)c(F)c2)c1. The second kappa shape index (κ2) is 19.8. The summed E-state index contributed by atoms with van der Waals surface area (Å²) < 4.78 is 104. The molecule has 2 aromatic heterocycles. The van der Waals surface area contributed by atoms with Crippen LogP contribution in [0.15, 0.2) is 108 Å². The van der Waals surface area contributed by atoms with Crippen molar-refractivity contribution < 1.29 is 63.3 Å². The number of carbonyl (C=O) groups excluding carboxylic acids is 2. The van der Waals surface area contributed by atoms with E-state index in [1.807, 2.05) is 0 Å². The lowest BCUT2D eigenvalue weighted by molar-refractivity contribution is -0.199. The van der Waals surface area contributed by atoms with Crippen LogP contribution in [0.3, 0.4) is 0 Å². The summed E-state index contributed by atoms with van der Waals surface area (Å²) in [6.45, 7) is 0.444. The Balaban J connectivity index is 0.000000230. The van der Waals surface area contributed by atoms with Crippen LogP contribution in [-0.2, 0) is 51.9 Å². The van der Waals surface area contributed by atoms with Crippen LogP contribution < -0.4 is 19.5 Å². The van der Waals surface area contributed by atoms with E-state index in [0.717, 1.165) is 30.3 Å². The number of nitrogens with zero attached hydrogens (tertiary/aromatic N) is 6. The first-order chi connectivity index (χ1) is 28.6. The van der Waals surface area contributed by atoms with Crippen molar-refractivity contribution in [2.45, 2.75) is 22.9 Å². The van der Waals surface area contributed by atoms with Gasteiger partial charge >= 0.3 is 11.9 Å². The van der Waals surface area contributed by atoms with E-state index in [-0.39, 0.29) is 63.5 Å². The quantitative estimate of drug-likeness (QED) is 0.0355. The van der Waals surface area contributed by atoms with Gasteiger partial charge in [0, 0.05) is 0 Å². The Labute approximate surface area is 343 Å². The van der Waals surface area contributed by atoms with Crippen molar-refractivity contribution >= 4 is 55.7 Å². The Morgan fingerprint density at radius 2 is 1.22 bits per heavy atom. The number of benzene rings is 4. The average molecular weight is 892 g/mol. The van der Waals surface area contributed by atoms with Crippen LogP contribution in [0.2, 0.25) is 0 Å². The van der Waals surface area contributed by atoms with Crippen LogP contribution in [0.25, 0.3) is 0 Å². The Morgan fingerprint density at radius 3 is 1.63 bits per heavy atom. The maximum atomic E-state index is 14.2. The van der Waals surface area contributed by atoms with Gasteiger partial charge in [-0.1, -0.05) is 0 Å². The molecule has 0 fully saturated rings. The molecule has 6 aromatic rings. The zero-order valence-corrected chi connectivity index (χ0v) is 33.3. The van der Waals surface area contributed by atoms with Gasteiger partial charge in [-0.15, -0.1) is 9.32 Å². The molecular formula is C34H31F2N9O12S3. The van der Waals surface area contributed by atoms with E-state index >= 15 is 0 Å². The molecular weight excluding hydrogens is 861 g/mol. The fraction of sp³-hybridized carbons (Fsp3) is 0.118. The molecule has 4 aromatic carbocycles. The molecule has 0 unspecified atom stereocenters. The number of halogens is 2. The molecule has 5 N–H and O–H groups in total. The lowest BCUT2D eigenvalue weighted by atomic mass is 10.1. The molecule has 0 aliphatic carbocycles. The molecule has 6 rings (SSSR count). The molecule has 0 aliphatic heterocycles. The molecule has 0 saturated carbocycles. The number of sulfonamides is 2. The molecule has 0 amide bonds. The third-order valence-corrected chi connectivity index (χ3v) is 10.7. The summed E-state index contributed by atoms with van der Waals surface area (Å²) >= 11 is 0.238. The number of nitrogens with one attached hydrogen (secondary N) is 2. The Bertz CT molecular complexity index is 2680. The van der Waals surface area contributed by atoms with Gasteiger partial charge in [0.2, 0.25) is 0 Å². The van der Waals surface area contributed by atoms with Gasteiger partial charge in [-0.25, -0.2) is 54.5 Å². The molecule has 21 nitrogen and oxygen atoms in total. The molecule has 0 saturated heterocycles. The fourth-order valence-corrected chi connectivity index (χ4v) is 7.40. The van der Waals surface area contributed by atoms with Crippen LogP contribution in [0.5, 0.6) is 11.5 Å². The second-order valence-corrected chi connectivity index (χ2v) is 15.5. The highest BCUT2D eigenvalue weighted by Gasteiger charge is 2.21. The number of hydrogen-bond acceptors (Lipinski definition) is 18. The van der Waals surface area contributed by atoms with Gasteiger partial charge in [-0.3, -0.25) is 9.44 Å². The van der Waals surface area contributed by atoms with E-state index in [1.54, 1.807) is 0 Å². The molecule has 2 heterocycles. The average Bonchev–Trinajstić information content (AvgIpc) is 3.93. The van der Waals surface area contributed by atoms with Crippen molar-refractivity contribution in [3.63, 3.8) is 0 Å². The van der Waals surface area contributed by atoms with Gasteiger partial charge in [0.05, 0.1) is 59.6 Å². The number of phenolic OH excluding ortho intramolecular Hbond substituents is 1. The molecule has 0 spiro atoms. The van der Waals surface area contributed by atoms with E-state index in [2.05, 4.69) is 44.8 Å². The molecule has 316 valence electrons. The van der Waals surface area contributed by atoms with Gasteiger partial charge in [0.1, 0.15) is 25.3 Å². The first-order valence-electron chi connectivity index (χ1n) is 16.4. The van der Waals surface area contributed by atoms with Crippen LogP contribution in [0, 0.1) is 11.6 Å². The molecule has 60 heavy (non-hydrogen) atoms. The highest BCUT2D eigenvalue weighted by molar-refractivity contribution is 7.93. The van der Waals surface area contributed by atoms with Crippen LogP contribution in [0.4, 0.5) is 20.2 Å². The van der Waals surface area contributed by atoms with E-state index in [1.165, 1.54) is 85.3 Å². The Kier molecular flexibility index (Phi) is 14.7. The topological polar surface area (TPSA) is 280 Å². The molecule has 0 aliphatic rings. The Hall–Kier alpha value is -6.71. The normalized spacial score (nSPS) is 11.2. The highest BCUT2D eigenvalue weighted by atomic mass is 32.2. The second-order valence-electron chi connectivity index (χ2n) is 11.7. The van der Waals surface area contributed by atoms with Crippen molar-refractivity contribution in [3.05, 3.63) is 132 Å². The van der Waals surface area contributed by atoms with E-state index in [0.29, 0.717) is 17.2 Å². The van der Waals surface area contributed by atoms with Crippen LogP contribution in [0.1, 0.15) is 31.8 Å². The number of aromatic hydroxyl groups is 1. The minimum absolute atomic E-state index is 0.0628. The third-order valence-electron chi connectivity index (χ3n) is 7.59. The number of nitrogens with two attached hydrogens (primary N) is 1. The minimum atomic E-state index is -4.22. The number of aromatic nitrogens is 6. The monoisotopic (exact) mass is 891 g/mol. The number of esters is 2. The predicted molar refractivity (Wildman–Crippen MR) is 204 cm³/mol. The predicted octanol–water partition coefficient (Wildman–Crippen LogP) is 3.58. The number of anilines is 2. The number of carbonyl (C=O) groups is 2. The molecule has 26 heteroatoms. The number of phenols is 1. The number of rotatable bonds is 16. The van der Waals surface area contributed by atoms with Crippen molar-refractivity contribution in [1.29, 1.82) is 0 Å². The zero-order chi connectivity index (χ0) is 43.5. The van der Waals surface area contributed by atoms with Crippen molar-refractivity contribution in [1.82, 2.24) is 29.5 Å². The standard InChI is InChI=1S/C17H16FN5O7S2.C17H15FN4O5S/c1-27-17(24)12-4-11(8-23-10-20-9-21-23)5-13(6-12)22-32(25,26)14-2-3-16(15(18)7-14)28-31-30-29-19;1-27-17(24)12-4-11(8-22-10-19-9-20-22)5-13(6-12)21-28(25,26)14-2-3-16(23)15(18)7-14/h2-7,9-10,22H,8,19H2,1H3;2-7,9-10,21,23H,8H2,1H3. The van der Waals surface area contributed by atoms with Crippen LogP contribution in [-0.4, -0.2) is 77.6 Å². The lowest BCUT2D eigenvalue weighted by Gasteiger charge is -2.12. The maximum absolute atomic E-state index is 14.2. The van der Waals surface area contributed by atoms with Crippen molar-refractivity contribution in [2.24, 2.45) is 5.90 Å². The van der Waals surface area contributed by atoms with Crippen molar-refractivity contribution in [2.75, 3.05) is 23.7 Å². The van der Waals surface area contributed by atoms with Gasteiger partial charge in [-0.05, 0) is 83.9 Å². The molecule has 0 bridgehead atoms. The summed E-state index contributed by atoms with van der Waals surface area (Å²) in [4.78, 5) is 34.6. The Morgan fingerprint density at radius 1 is 0.733 bits per heavy atom. The van der Waals surface area contributed by atoms with E-state index in [4.69, 9.17) is 13.7 Å². The lowest BCUT2D eigenvalue weighted by Crippen LogP contribution is -2.15.